The molecule has 0 saturated carbocycles. The fraction of sp³-hybridized carbons (Fsp3) is 0.125. The van der Waals surface area contributed by atoms with Gasteiger partial charge < -0.3 is 9.72 Å². The molecule has 7 heteroatoms. The van der Waals surface area contributed by atoms with Crippen molar-refractivity contribution in [2.75, 3.05) is 0 Å². The summed E-state index contributed by atoms with van der Waals surface area (Å²) < 4.78 is 8.33. The van der Waals surface area contributed by atoms with Crippen molar-refractivity contribution in [2.24, 2.45) is 0 Å². The van der Waals surface area contributed by atoms with Crippen molar-refractivity contribution in [3.05, 3.63) is 79.3 Å². The van der Waals surface area contributed by atoms with E-state index < -0.39 is 5.60 Å². The number of imidazole rings is 1. The third kappa shape index (κ3) is 3.62. The van der Waals surface area contributed by atoms with Crippen molar-refractivity contribution < 1.29 is 4.74 Å². The number of fused-ring (bicyclic) bond motifs is 3. The zero-order valence-electron chi connectivity index (χ0n) is 16.6. The number of benzene rings is 3. The topological polar surface area (TPSA) is 37.9 Å². The molecular weight excluding hydrogens is 563 g/mol. The molecule has 1 aliphatic heterocycles. The average Bonchev–Trinajstić information content (AvgIpc) is 3.15. The van der Waals surface area contributed by atoms with E-state index in [9.17, 15) is 0 Å². The maximum Gasteiger partial charge on any atom is 0.145 e. The molecule has 0 unspecified atom stereocenters. The molecule has 0 saturated heterocycles. The summed E-state index contributed by atoms with van der Waals surface area (Å²) in [6.07, 6.45) is 0. The number of nitrogens with zero attached hydrogens (tertiary/aromatic N) is 1. The Labute approximate surface area is 207 Å². The van der Waals surface area contributed by atoms with E-state index in [-0.39, 0.29) is 0 Å². The SMILES string of the molecule is CC1(C)Oc2cc(-c3cc(Cl)ccc3Cl)ccc2-c2nc(-c3c(Br)cccc3Br)[nH]c21. The summed E-state index contributed by atoms with van der Waals surface area (Å²) in [6.45, 7) is 4.07. The molecule has 1 aromatic heterocycles. The van der Waals surface area contributed by atoms with Gasteiger partial charge in [-0.25, -0.2) is 4.98 Å². The summed E-state index contributed by atoms with van der Waals surface area (Å²) >= 11 is 19.9. The number of rotatable bonds is 2. The van der Waals surface area contributed by atoms with Crippen LogP contribution in [0.1, 0.15) is 19.5 Å². The van der Waals surface area contributed by atoms with Gasteiger partial charge in [0.15, 0.2) is 0 Å². The predicted octanol–water partition coefficient (Wildman–Crippen LogP) is 8.87. The Bertz CT molecular complexity index is 1330. The smallest absolute Gasteiger partial charge is 0.145 e. The van der Waals surface area contributed by atoms with Gasteiger partial charge in [-0.2, -0.15) is 0 Å². The summed E-state index contributed by atoms with van der Waals surface area (Å²) in [7, 11) is 0. The lowest BCUT2D eigenvalue weighted by Crippen LogP contribution is -2.29. The molecule has 0 radical (unpaired) electrons. The Hall–Kier alpha value is -1.79. The molecule has 2 heterocycles. The van der Waals surface area contributed by atoms with Crippen LogP contribution in [-0.4, -0.2) is 9.97 Å². The highest BCUT2D eigenvalue weighted by Crippen LogP contribution is 2.47. The summed E-state index contributed by atoms with van der Waals surface area (Å²) in [5.74, 6) is 1.53. The summed E-state index contributed by atoms with van der Waals surface area (Å²) in [5.41, 5.74) is 4.94. The van der Waals surface area contributed by atoms with E-state index in [0.717, 1.165) is 54.2 Å². The van der Waals surface area contributed by atoms with Crippen LogP contribution in [-0.2, 0) is 5.60 Å². The normalized spacial score (nSPS) is 14.0. The van der Waals surface area contributed by atoms with Crippen LogP contribution in [0.4, 0.5) is 0 Å². The maximum absolute atomic E-state index is 6.43. The number of ether oxygens (including phenoxy) is 1. The second-order valence-electron chi connectivity index (χ2n) is 7.85. The average molecular weight is 579 g/mol. The molecule has 3 aromatic carbocycles. The van der Waals surface area contributed by atoms with Crippen LogP contribution < -0.4 is 4.74 Å². The third-order valence-corrected chi connectivity index (χ3v) is 7.23. The lowest BCUT2D eigenvalue weighted by Gasteiger charge is -2.32. The van der Waals surface area contributed by atoms with Crippen molar-refractivity contribution in [3.63, 3.8) is 0 Å². The minimum absolute atomic E-state index is 0.585. The minimum Gasteiger partial charge on any atom is -0.481 e. The standard InChI is InChI=1S/C24H16Br2Cl2N2O/c1-24(2)22-21(29-23(30-22)20-16(25)4-3-5-17(20)26)14-8-6-12(10-19(14)31-24)15-11-13(27)7-9-18(15)28/h3-11H,1-2H3,(H,29,30). The molecule has 1 N–H and O–H groups in total. The van der Waals surface area contributed by atoms with Gasteiger partial charge in [0.1, 0.15) is 17.2 Å². The van der Waals surface area contributed by atoms with Crippen molar-refractivity contribution in [1.82, 2.24) is 9.97 Å². The first-order valence-corrected chi connectivity index (χ1v) is 11.9. The van der Waals surface area contributed by atoms with Gasteiger partial charge in [-0.1, -0.05) is 35.3 Å². The zero-order chi connectivity index (χ0) is 21.9. The van der Waals surface area contributed by atoms with E-state index in [2.05, 4.69) is 36.8 Å². The molecule has 3 nitrogen and oxygen atoms in total. The van der Waals surface area contributed by atoms with Gasteiger partial charge in [0.25, 0.3) is 0 Å². The number of aromatic nitrogens is 2. The van der Waals surface area contributed by atoms with Gasteiger partial charge in [0.05, 0.1) is 11.4 Å². The number of halogens is 4. The Kier molecular flexibility index (Phi) is 5.21. The predicted molar refractivity (Wildman–Crippen MR) is 134 cm³/mol. The molecule has 5 rings (SSSR count). The molecule has 31 heavy (non-hydrogen) atoms. The molecule has 0 bridgehead atoms. The van der Waals surface area contributed by atoms with Gasteiger partial charge in [-0.3, -0.25) is 0 Å². The number of aromatic amines is 1. The number of hydrogen-bond acceptors (Lipinski definition) is 2. The van der Waals surface area contributed by atoms with E-state index in [0.29, 0.717) is 10.0 Å². The molecule has 4 aromatic rings. The van der Waals surface area contributed by atoms with Crippen molar-refractivity contribution in [3.8, 4) is 39.5 Å². The first kappa shape index (κ1) is 21.1. The highest BCUT2D eigenvalue weighted by molar-refractivity contribution is 9.11. The zero-order valence-corrected chi connectivity index (χ0v) is 21.2. The van der Waals surface area contributed by atoms with Crippen LogP contribution in [0.5, 0.6) is 5.75 Å². The van der Waals surface area contributed by atoms with Gasteiger partial charge in [-0.15, -0.1) is 0 Å². The van der Waals surface area contributed by atoms with Gasteiger partial charge >= 0.3 is 0 Å². The molecule has 0 amide bonds. The molecule has 0 spiro atoms. The molecule has 0 aliphatic carbocycles. The second-order valence-corrected chi connectivity index (χ2v) is 10.4. The largest absolute Gasteiger partial charge is 0.481 e. The Balaban J connectivity index is 1.68. The van der Waals surface area contributed by atoms with Crippen LogP contribution in [0.15, 0.2) is 63.5 Å². The first-order chi connectivity index (χ1) is 14.7. The van der Waals surface area contributed by atoms with Gasteiger partial charge in [-0.05, 0) is 93.7 Å². The Morgan fingerprint density at radius 2 is 1.68 bits per heavy atom. The quantitative estimate of drug-likeness (QED) is 0.258. The molecule has 156 valence electrons. The van der Waals surface area contributed by atoms with E-state index in [1.165, 1.54) is 0 Å². The second kappa shape index (κ2) is 7.66. The van der Waals surface area contributed by atoms with E-state index in [4.69, 9.17) is 32.9 Å². The first-order valence-electron chi connectivity index (χ1n) is 9.58. The lowest BCUT2D eigenvalue weighted by atomic mass is 9.93. The highest BCUT2D eigenvalue weighted by atomic mass is 79.9. The monoisotopic (exact) mass is 576 g/mol. The van der Waals surface area contributed by atoms with Crippen LogP contribution in [0.25, 0.3) is 33.8 Å². The van der Waals surface area contributed by atoms with Gasteiger partial charge in [0, 0.05) is 35.7 Å². The number of nitrogens with one attached hydrogen (secondary N) is 1. The summed E-state index contributed by atoms with van der Waals surface area (Å²) in [4.78, 5) is 8.46. The highest BCUT2D eigenvalue weighted by Gasteiger charge is 2.36. The lowest BCUT2D eigenvalue weighted by molar-refractivity contribution is 0.101. The maximum atomic E-state index is 6.43. The molecule has 0 atom stereocenters. The fourth-order valence-electron chi connectivity index (χ4n) is 3.86. The third-order valence-electron chi connectivity index (χ3n) is 5.35. The molecule has 1 aliphatic rings. The van der Waals surface area contributed by atoms with E-state index in [1.807, 2.05) is 56.3 Å². The van der Waals surface area contributed by atoms with Gasteiger partial charge in [0.2, 0.25) is 0 Å². The number of hydrogen-bond donors (Lipinski definition) is 1. The molecular formula is C24H16Br2Cl2N2O. The summed E-state index contributed by atoms with van der Waals surface area (Å²) in [5, 5.41) is 1.28. The number of H-pyrrole nitrogens is 1. The Morgan fingerprint density at radius 3 is 2.42 bits per heavy atom. The minimum atomic E-state index is -0.585. The van der Waals surface area contributed by atoms with Crippen molar-refractivity contribution in [1.29, 1.82) is 0 Å². The van der Waals surface area contributed by atoms with Crippen LogP contribution >= 0.6 is 55.1 Å². The van der Waals surface area contributed by atoms with E-state index >= 15 is 0 Å². The van der Waals surface area contributed by atoms with Crippen LogP contribution in [0, 0.1) is 0 Å². The molecule has 0 fully saturated rings. The van der Waals surface area contributed by atoms with Crippen LogP contribution in [0.3, 0.4) is 0 Å². The fourth-order valence-corrected chi connectivity index (χ4v) is 5.63. The van der Waals surface area contributed by atoms with Crippen molar-refractivity contribution in [2.45, 2.75) is 19.4 Å². The summed E-state index contributed by atoms with van der Waals surface area (Å²) in [6, 6.07) is 17.5. The Morgan fingerprint density at radius 1 is 0.935 bits per heavy atom. The van der Waals surface area contributed by atoms with E-state index in [1.54, 1.807) is 12.1 Å². The van der Waals surface area contributed by atoms with Crippen LogP contribution in [0.2, 0.25) is 10.0 Å². The van der Waals surface area contributed by atoms with Crippen molar-refractivity contribution >= 4 is 55.1 Å².